The lowest BCUT2D eigenvalue weighted by atomic mass is 9.71. The van der Waals surface area contributed by atoms with E-state index in [0.29, 0.717) is 11.2 Å². The van der Waals surface area contributed by atoms with E-state index in [1.165, 1.54) is 25.7 Å². The molecule has 1 heteroatoms. The van der Waals surface area contributed by atoms with Crippen LogP contribution in [-0.2, 0) is 4.79 Å². The minimum atomic E-state index is 0.279. The minimum absolute atomic E-state index is 0.279. The minimum Gasteiger partial charge on any atom is -0.300 e. The molecule has 0 N–H and O–H groups in total. The van der Waals surface area contributed by atoms with Gasteiger partial charge in [-0.3, -0.25) is 4.79 Å². The average Bonchev–Trinajstić information content (AvgIpc) is 2.08. The van der Waals surface area contributed by atoms with E-state index in [4.69, 9.17) is 0 Å². The average molecular weight is 196 g/mol. The first kappa shape index (κ1) is 11.7. The van der Waals surface area contributed by atoms with E-state index in [1.807, 2.05) is 0 Å². The molecule has 0 heterocycles. The second-order valence-electron chi connectivity index (χ2n) is 5.85. The fourth-order valence-corrected chi connectivity index (χ4v) is 2.36. The maximum Gasteiger partial charge on any atom is 0.132 e. The summed E-state index contributed by atoms with van der Waals surface area (Å²) in [5.74, 6) is 1.44. The van der Waals surface area contributed by atoms with Gasteiger partial charge in [-0.15, -0.1) is 0 Å². The van der Waals surface area contributed by atoms with Crippen molar-refractivity contribution in [3.05, 3.63) is 0 Å². The second-order valence-corrected chi connectivity index (χ2v) is 5.85. The maximum absolute atomic E-state index is 11.1. The highest BCUT2D eigenvalue weighted by Crippen LogP contribution is 2.40. The van der Waals surface area contributed by atoms with Crippen molar-refractivity contribution < 1.29 is 4.79 Å². The van der Waals surface area contributed by atoms with E-state index in [0.717, 1.165) is 12.3 Å². The molecule has 1 unspecified atom stereocenters. The zero-order valence-electron chi connectivity index (χ0n) is 10.1. The normalized spacial score (nSPS) is 24.6. The fraction of sp³-hybridized carbons (Fsp3) is 0.923. The van der Waals surface area contributed by atoms with E-state index in [9.17, 15) is 4.79 Å². The summed E-state index contributed by atoms with van der Waals surface area (Å²) in [5.41, 5.74) is 0.552. The Bertz CT molecular complexity index is 195. The highest BCUT2D eigenvalue weighted by atomic mass is 16.1. The van der Waals surface area contributed by atoms with Crippen LogP contribution in [0.4, 0.5) is 0 Å². The van der Waals surface area contributed by atoms with Crippen molar-refractivity contribution >= 4 is 5.78 Å². The molecule has 0 radical (unpaired) electrons. The summed E-state index contributed by atoms with van der Waals surface area (Å²) in [7, 11) is 0. The number of ketones is 1. The van der Waals surface area contributed by atoms with Gasteiger partial charge >= 0.3 is 0 Å². The summed E-state index contributed by atoms with van der Waals surface area (Å²) in [4.78, 5) is 11.1. The zero-order valence-corrected chi connectivity index (χ0v) is 10.1. The molecule has 0 bridgehead atoms. The molecule has 1 aliphatic rings. The number of Topliss-reactive ketones (excluding diaryl/α,β-unsaturated/α-hetero) is 1. The van der Waals surface area contributed by atoms with Gasteiger partial charge in [-0.05, 0) is 50.4 Å². The molecule has 0 saturated heterocycles. The Morgan fingerprint density at radius 2 is 1.86 bits per heavy atom. The van der Waals surface area contributed by atoms with Crippen LogP contribution < -0.4 is 0 Å². The standard InChI is InChI=1S/C13H24O/c1-10(11(2)14)9-12-5-7-13(3,4)8-6-12/h10,12H,5-9H2,1-4H3. The van der Waals surface area contributed by atoms with Gasteiger partial charge in [0, 0.05) is 5.92 Å². The topological polar surface area (TPSA) is 17.1 Å². The van der Waals surface area contributed by atoms with Gasteiger partial charge in [0.05, 0.1) is 0 Å². The van der Waals surface area contributed by atoms with Crippen LogP contribution in [0, 0.1) is 17.3 Å². The van der Waals surface area contributed by atoms with Gasteiger partial charge < -0.3 is 0 Å². The molecule has 0 amide bonds. The second kappa shape index (κ2) is 4.46. The van der Waals surface area contributed by atoms with Gasteiger partial charge in [0.2, 0.25) is 0 Å². The molecule has 0 aromatic rings. The molecule has 0 aromatic heterocycles. The van der Waals surface area contributed by atoms with Crippen LogP contribution >= 0.6 is 0 Å². The zero-order chi connectivity index (χ0) is 10.8. The Hall–Kier alpha value is -0.330. The van der Waals surface area contributed by atoms with Crippen LogP contribution in [0.15, 0.2) is 0 Å². The molecule has 82 valence electrons. The Balaban J connectivity index is 2.32. The molecule has 14 heavy (non-hydrogen) atoms. The van der Waals surface area contributed by atoms with Crippen LogP contribution in [0.3, 0.4) is 0 Å². The summed E-state index contributed by atoms with van der Waals surface area (Å²) in [6, 6.07) is 0. The third-order valence-electron chi connectivity index (χ3n) is 3.84. The van der Waals surface area contributed by atoms with Crippen molar-refractivity contribution in [1.29, 1.82) is 0 Å². The predicted molar refractivity (Wildman–Crippen MR) is 60.2 cm³/mol. The molecule has 1 saturated carbocycles. The van der Waals surface area contributed by atoms with E-state index in [-0.39, 0.29) is 5.92 Å². The lowest BCUT2D eigenvalue weighted by Gasteiger charge is -2.35. The predicted octanol–water partition coefficient (Wildman–Crippen LogP) is 3.82. The third kappa shape index (κ3) is 3.43. The third-order valence-corrected chi connectivity index (χ3v) is 3.84. The van der Waals surface area contributed by atoms with Crippen molar-refractivity contribution in [2.24, 2.45) is 17.3 Å². The Morgan fingerprint density at radius 1 is 1.36 bits per heavy atom. The fourth-order valence-electron chi connectivity index (χ4n) is 2.36. The molecule has 0 aromatic carbocycles. The molecule has 0 spiro atoms. The number of carbonyl (C=O) groups is 1. The van der Waals surface area contributed by atoms with Crippen LogP contribution in [0.1, 0.15) is 59.8 Å². The van der Waals surface area contributed by atoms with Gasteiger partial charge in [-0.1, -0.05) is 20.8 Å². The largest absolute Gasteiger partial charge is 0.300 e. The van der Waals surface area contributed by atoms with Crippen LogP contribution in [0.2, 0.25) is 0 Å². The first-order valence-electron chi connectivity index (χ1n) is 5.91. The summed E-state index contributed by atoms with van der Waals surface area (Å²) in [6.45, 7) is 8.51. The first-order valence-corrected chi connectivity index (χ1v) is 5.91. The Kier molecular flexibility index (Phi) is 3.74. The molecule has 0 aliphatic heterocycles. The van der Waals surface area contributed by atoms with Gasteiger partial charge in [-0.2, -0.15) is 0 Å². The van der Waals surface area contributed by atoms with Gasteiger partial charge in [-0.25, -0.2) is 0 Å². The molecule has 1 aliphatic carbocycles. The number of hydrogen-bond donors (Lipinski definition) is 0. The summed E-state index contributed by atoms with van der Waals surface area (Å²) in [5, 5.41) is 0. The van der Waals surface area contributed by atoms with E-state index in [1.54, 1.807) is 6.92 Å². The summed E-state index contributed by atoms with van der Waals surface area (Å²) >= 11 is 0. The van der Waals surface area contributed by atoms with Crippen molar-refractivity contribution in [2.45, 2.75) is 59.8 Å². The van der Waals surface area contributed by atoms with Gasteiger partial charge in [0.15, 0.2) is 0 Å². The van der Waals surface area contributed by atoms with Gasteiger partial charge in [0.25, 0.3) is 0 Å². The molecular weight excluding hydrogens is 172 g/mol. The molecule has 1 fully saturated rings. The van der Waals surface area contributed by atoms with E-state index < -0.39 is 0 Å². The van der Waals surface area contributed by atoms with Crippen LogP contribution in [0.5, 0.6) is 0 Å². The number of hydrogen-bond acceptors (Lipinski definition) is 1. The quantitative estimate of drug-likeness (QED) is 0.670. The van der Waals surface area contributed by atoms with Crippen molar-refractivity contribution in [2.75, 3.05) is 0 Å². The first-order chi connectivity index (χ1) is 6.41. The lowest BCUT2D eigenvalue weighted by Crippen LogP contribution is -2.23. The Labute approximate surface area is 88.3 Å². The number of rotatable bonds is 3. The Morgan fingerprint density at radius 3 is 2.29 bits per heavy atom. The van der Waals surface area contributed by atoms with Crippen LogP contribution in [-0.4, -0.2) is 5.78 Å². The molecular formula is C13H24O. The molecule has 1 atom stereocenters. The highest BCUT2D eigenvalue weighted by Gasteiger charge is 2.27. The lowest BCUT2D eigenvalue weighted by molar-refractivity contribution is -0.120. The highest BCUT2D eigenvalue weighted by molar-refractivity contribution is 5.77. The number of carbonyl (C=O) groups excluding carboxylic acids is 1. The SMILES string of the molecule is CC(=O)C(C)CC1CCC(C)(C)CC1. The van der Waals surface area contributed by atoms with E-state index >= 15 is 0 Å². The van der Waals surface area contributed by atoms with Gasteiger partial charge in [0.1, 0.15) is 5.78 Å². The smallest absolute Gasteiger partial charge is 0.132 e. The monoisotopic (exact) mass is 196 g/mol. The van der Waals surface area contributed by atoms with Crippen molar-refractivity contribution in [1.82, 2.24) is 0 Å². The van der Waals surface area contributed by atoms with Crippen LogP contribution in [0.25, 0.3) is 0 Å². The van der Waals surface area contributed by atoms with E-state index in [2.05, 4.69) is 20.8 Å². The maximum atomic E-state index is 11.1. The molecule has 1 rings (SSSR count). The van der Waals surface area contributed by atoms with Crippen molar-refractivity contribution in [3.8, 4) is 0 Å². The summed E-state index contributed by atoms with van der Waals surface area (Å²) in [6.07, 6.45) is 6.44. The molecule has 1 nitrogen and oxygen atoms in total. The van der Waals surface area contributed by atoms with Crippen molar-refractivity contribution in [3.63, 3.8) is 0 Å². The summed E-state index contributed by atoms with van der Waals surface area (Å²) < 4.78 is 0.